The maximum atomic E-state index is 10.9. The van der Waals surface area contributed by atoms with E-state index in [1.165, 1.54) is 65.6 Å². The molecule has 13 aromatic rings. The molecular weight excluding hydrogens is 801 g/mol. The summed E-state index contributed by atoms with van der Waals surface area (Å²) in [4.78, 5) is 0. The van der Waals surface area contributed by atoms with Gasteiger partial charge >= 0.3 is 0 Å². The highest BCUT2D eigenvalue weighted by atomic mass is 15.0. The first kappa shape index (κ1) is 36.6. The largest absolute Gasteiger partial charge is 0.309 e. The van der Waals surface area contributed by atoms with Crippen molar-refractivity contribution in [2.24, 2.45) is 0 Å². The molecule has 14 rings (SSSR count). The van der Waals surface area contributed by atoms with E-state index >= 15 is 0 Å². The van der Waals surface area contributed by atoms with Gasteiger partial charge < -0.3 is 13.7 Å². The van der Waals surface area contributed by atoms with Crippen LogP contribution in [0.15, 0.2) is 218 Å². The SMILES string of the molecule is N#Cc1cc(-c2ccccc2)ccc1-c1ccc(-n2c3ccccc3c3c2ccc2c4ccccc4n(-c4ccccc4)c23)cc1-n1c2ccccc2c2cc3c(cc21)Cc1ccccc1-3. The Kier molecular flexibility index (Phi) is 7.78. The van der Waals surface area contributed by atoms with Crippen molar-refractivity contribution in [3.8, 4) is 56.5 Å². The molecule has 0 fully saturated rings. The van der Waals surface area contributed by atoms with Crippen LogP contribution < -0.4 is 0 Å². The van der Waals surface area contributed by atoms with Gasteiger partial charge in [-0.2, -0.15) is 5.26 Å². The van der Waals surface area contributed by atoms with E-state index in [2.05, 4.69) is 214 Å². The molecule has 4 nitrogen and oxygen atoms in total. The summed E-state index contributed by atoms with van der Waals surface area (Å²) < 4.78 is 7.34. The number of para-hydroxylation sites is 4. The number of hydrogen-bond acceptors (Lipinski definition) is 1. The van der Waals surface area contributed by atoms with Crippen LogP contribution in [-0.4, -0.2) is 13.7 Å². The maximum absolute atomic E-state index is 10.9. The number of aromatic nitrogens is 3. The lowest BCUT2D eigenvalue weighted by Crippen LogP contribution is -2.02. The Morgan fingerprint density at radius 1 is 0.348 bits per heavy atom. The molecule has 3 aromatic heterocycles. The maximum Gasteiger partial charge on any atom is 0.0998 e. The molecule has 0 unspecified atom stereocenters. The summed E-state index contributed by atoms with van der Waals surface area (Å²) in [6, 6.07) is 81.5. The Labute approximate surface area is 380 Å². The molecule has 0 aliphatic heterocycles. The summed E-state index contributed by atoms with van der Waals surface area (Å²) in [5.74, 6) is 0. The molecule has 10 aromatic carbocycles. The molecule has 1 aliphatic rings. The highest BCUT2D eigenvalue weighted by molar-refractivity contribution is 6.26. The monoisotopic (exact) mass is 838 g/mol. The lowest BCUT2D eigenvalue weighted by atomic mass is 9.94. The molecule has 0 amide bonds. The molecule has 0 radical (unpaired) electrons. The number of benzene rings is 10. The first-order chi connectivity index (χ1) is 32.7. The fourth-order valence-corrected chi connectivity index (χ4v) is 11.2. The van der Waals surface area contributed by atoms with E-state index in [0.717, 1.165) is 67.8 Å². The molecular formula is C62H38N4. The molecule has 0 saturated heterocycles. The van der Waals surface area contributed by atoms with E-state index in [0.29, 0.717) is 5.56 Å². The van der Waals surface area contributed by atoms with Crippen LogP contribution in [0, 0.1) is 11.3 Å². The minimum atomic E-state index is 0.635. The highest BCUT2D eigenvalue weighted by Crippen LogP contribution is 2.46. The number of nitrogens with zero attached hydrogens (tertiary/aromatic N) is 4. The van der Waals surface area contributed by atoms with E-state index in [-0.39, 0.29) is 0 Å². The average Bonchev–Trinajstić information content (AvgIpc) is 4.12. The van der Waals surface area contributed by atoms with Gasteiger partial charge in [0, 0.05) is 54.8 Å². The van der Waals surface area contributed by atoms with E-state index < -0.39 is 0 Å². The fraction of sp³-hybridized carbons (Fsp3) is 0.0161. The Morgan fingerprint density at radius 2 is 1.00 bits per heavy atom. The second kappa shape index (κ2) is 14.0. The van der Waals surface area contributed by atoms with Crippen molar-refractivity contribution in [3.05, 3.63) is 235 Å². The Bertz CT molecular complexity index is 4200. The van der Waals surface area contributed by atoms with Crippen molar-refractivity contribution >= 4 is 65.4 Å². The summed E-state index contributed by atoms with van der Waals surface area (Å²) in [6.45, 7) is 0. The lowest BCUT2D eigenvalue weighted by molar-refractivity contribution is 1.13. The molecule has 3 heterocycles. The van der Waals surface area contributed by atoms with Crippen molar-refractivity contribution in [1.82, 2.24) is 13.7 Å². The van der Waals surface area contributed by atoms with Gasteiger partial charge in [0.15, 0.2) is 0 Å². The van der Waals surface area contributed by atoms with E-state index in [1.807, 2.05) is 24.3 Å². The minimum Gasteiger partial charge on any atom is -0.309 e. The zero-order chi connectivity index (χ0) is 43.5. The van der Waals surface area contributed by atoms with Crippen molar-refractivity contribution in [3.63, 3.8) is 0 Å². The molecule has 0 bridgehead atoms. The molecule has 0 saturated carbocycles. The Balaban J connectivity index is 1.09. The van der Waals surface area contributed by atoms with Gasteiger partial charge in [-0.3, -0.25) is 0 Å². The Morgan fingerprint density at radius 3 is 1.79 bits per heavy atom. The van der Waals surface area contributed by atoms with Crippen molar-refractivity contribution < 1.29 is 0 Å². The zero-order valence-corrected chi connectivity index (χ0v) is 35.8. The third kappa shape index (κ3) is 5.20. The predicted molar refractivity (Wildman–Crippen MR) is 273 cm³/mol. The highest BCUT2D eigenvalue weighted by Gasteiger charge is 2.26. The number of nitriles is 1. The van der Waals surface area contributed by atoms with Crippen LogP contribution in [0.25, 0.3) is 116 Å². The first-order valence-electron chi connectivity index (χ1n) is 22.6. The second-order valence-corrected chi connectivity index (χ2v) is 17.5. The third-order valence-corrected chi connectivity index (χ3v) is 14.1. The van der Waals surface area contributed by atoms with Gasteiger partial charge in [-0.25, -0.2) is 0 Å². The van der Waals surface area contributed by atoms with Crippen LogP contribution in [0.2, 0.25) is 0 Å². The average molecular weight is 839 g/mol. The van der Waals surface area contributed by atoms with Gasteiger partial charge in [-0.15, -0.1) is 0 Å². The molecule has 306 valence electrons. The van der Waals surface area contributed by atoms with Gasteiger partial charge in [0.05, 0.1) is 50.4 Å². The lowest BCUT2D eigenvalue weighted by Gasteiger charge is -2.19. The summed E-state index contributed by atoms with van der Waals surface area (Å²) in [6.07, 6.45) is 0.894. The van der Waals surface area contributed by atoms with Crippen LogP contribution in [0.5, 0.6) is 0 Å². The quantitative estimate of drug-likeness (QED) is 0.170. The smallest absolute Gasteiger partial charge is 0.0998 e. The van der Waals surface area contributed by atoms with Crippen LogP contribution in [0.3, 0.4) is 0 Å². The zero-order valence-electron chi connectivity index (χ0n) is 35.8. The number of fused-ring (bicyclic) bond motifs is 13. The van der Waals surface area contributed by atoms with Crippen molar-refractivity contribution in [1.29, 1.82) is 5.26 Å². The van der Waals surface area contributed by atoms with Crippen LogP contribution >= 0.6 is 0 Å². The van der Waals surface area contributed by atoms with Crippen molar-refractivity contribution in [2.75, 3.05) is 0 Å². The standard InChI is InChI=1S/C62H38N4/c63-38-43-33-40(39-15-3-1-4-16-39)27-29-47(43)50-30-28-45(36-60(50)66-56-25-13-10-22-49(56)54-37-53-42(35-59(54)66)34-41-17-7-8-20-46(41)53)64-57-26-14-11-23-52(57)61-58(64)32-31-51-48-21-9-12-24-55(48)65(62(51)61)44-18-5-2-6-19-44/h1-33,35-37H,34H2. The molecule has 0 N–H and O–H groups in total. The van der Waals surface area contributed by atoms with Crippen LogP contribution in [0.1, 0.15) is 16.7 Å². The molecule has 66 heavy (non-hydrogen) atoms. The van der Waals surface area contributed by atoms with Gasteiger partial charge in [0.2, 0.25) is 0 Å². The van der Waals surface area contributed by atoms with Gasteiger partial charge in [0.25, 0.3) is 0 Å². The normalized spacial score (nSPS) is 12.2. The molecule has 0 atom stereocenters. The summed E-state index contributed by atoms with van der Waals surface area (Å²) in [5.41, 5.74) is 20.1. The van der Waals surface area contributed by atoms with E-state index in [4.69, 9.17) is 0 Å². The predicted octanol–water partition coefficient (Wildman–Crippen LogP) is 15.8. The van der Waals surface area contributed by atoms with Crippen molar-refractivity contribution in [2.45, 2.75) is 6.42 Å². The number of hydrogen-bond donors (Lipinski definition) is 0. The van der Waals surface area contributed by atoms with Gasteiger partial charge in [-0.1, -0.05) is 152 Å². The summed E-state index contributed by atoms with van der Waals surface area (Å²) >= 11 is 0. The minimum absolute atomic E-state index is 0.635. The van der Waals surface area contributed by atoms with Crippen LogP contribution in [0.4, 0.5) is 0 Å². The molecule has 1 aliphatic carbocycles. The second-order valence-electron chi connectivity index (χ2n) is 17.5. The summed E-state index contributed by atoms with van der Waals surface area (Å²) in [5, 5.41) is 18.2. The van der Waals surface area contributed by atoms with Crippen LogP contribution in [-0.2, 0) is 6.42 Å². The van der Waals surface area contributed by atoms with Gasteiger partial charge in [0.1, 0.15) is 0 Å². The van der Waals surface area contributed by atoms with E-state index in [1.54, 1.807) is 0 Å². The Hall–Kier alpha value is -8.91. The summed E-state index contributed by atoms with van der Waals surface area (Å²) in [7, 11) is 0. The fourth-order valence-electron chi connectivity index (χ4n) is 11.2. The topological polar surface area (TPSA) is 38.6 Å². The van der Waals surface area contributed by atoms with E-state index in [9.17, 15) is 5.26 Å². The van der Waals surface area contributed by atoms with Gasteiger partial charge in [-0.05, 0) is 107 Å². The molecule has 0 spiro atoms. The molecule has 4 heteroatoms. The third-order valence-electron chi connectivity index (χ3n) is 14.1. The number of rotatable bonds is 5. The first-order valence-corrected chi connectivity index (χ1v) is 22.6.